The maximum atomic E-state index is 2.44. The van der Waals surface area contributed by atoms with Gasteiger partial charge in [0, 0.05) is 64.1 Å². The van der Waals surface area contributed by atoms with Crippen LogP contribution in [0.1, 0.15) is 25.0 Å². The van der Waals surface area contributed by atoms with Crippen molar-refractivity contribution in [1.29, 1.82) is 0 Å². The van der Waals surface area contributed by atoms with E-state index in [1.165, 1.54) is 114 Å². The molecule has 0 bridgehead atoms. The molecule has 3 heteroatoms. The van der Waals surface area contributed by atoms with Crippen molar-refractivity contribution >= 4 is 75.1 Å². The van der Waals surface area contributed by atoms with Gasteiger partial charge in [-0.05, 0) is 87.5 Å². The quantitative estimate of drug-likeness (QED) is 0.168. The molecule has 1 aliphatic carbocycles. The normalized spacial score (nSPS) is 13.3. The third-order valence-corrected chi connectivity index (χ3v) is 14.6. The molecule has 0 saturated carbocycles. The molecule has 1 aliphatic rings. The molecule has 0 spiro atoms. The van der Waals surface area contributed by atoms with Crippen molar-refractivity contribution in [3.05, 3.63) is 205 Å². The first-order valence-corrected chi connectivity index (χ1v) is 21.7. The van der Waals surface area contributed by atoms with Crippen molar-refractivity contribution in [2.45, 2.75) is 19.3 Å². The lowest BCUT2D eigenvalue weighted by molar-refractivity contribution is 0.661. The fraction of sp³-hybridized carbons (Fsp3) is 0.0526. The Labute approximate surface area is 351 Å². The van der Waals surface area contributed by atoms with Crippen molar-refractivity contribution in [2.24, 2.45) is 0 Å². The zero-order valence-corrected chi connectivity index (χ0v) is 34.1. The lowest BCUT2D eigenvalue weighted by atomic mass is 9.82. The highest BCUT2D eigenvalue weighted by atomic mass is 32.1. The second kappa shape index (κ2) is 12.4. The first-order valence-electron chi connectivity index (χ1n) is 20.8. The topological polar surface area (TPSA) is 9.86 Å². The lowest BCUT2D eigenvalue weighted by Crippen LogP contribution is -2.14. The van der Waals surface area contributed by atoms with E-state index in [-0.39, 0.29) is 5.41 Å². The highest BCUT2D eigenvalue weighted by Crippen LogP contribution is 2.54. The van der Waals surface area contributed by atoms with Crippen LogP contribution in [-0.4, -0.2) is 9.13 Å². The first kappa shape index (κ1) is 33.7. The van der Waals surface area contributed by atoms with Gasteiger partial charge in [-0.2, -0.15) is 0 Å². The molecule has 3 heterocycles. The summed E-state index contributed by atoms with van der Waals surface area (Å²) in [5.74, 6) is 0. The number of fused-ring (bicyclic) bond motifs is 13. The van der Waals surface area contributed by atoms with E-state index in [0.29, 0.717) is 0 Å². The van der Waals surface area contributed by atoms with Crippen LogP contribution in [-0.2, 0) is 5.41 Å². The minimum absolute atomic E-state index is 0.0141. The van der Waals surface area contributed by atoms with Gasteiger partial charge in [0.05, 0.1) is 22.1 Å². The molecule has 3 aromatic heterocycles. The van der Waals surface area contributed by atoms with Crippen LogP contribution in [0.3, 0.4) is 0 Å². The third kappa shape index (κ3) is 4.64. The minimum Gasteiger partial charge on any atom is -0.309 e. The molecule has 0 aliphatic heterocycles. The predicted molar refractivity (Wildman–Crippen MR) is 256 cm³/mol. The standard InChI is InChI=1S/C57H38N2S/c1-57(2)48-20-9-6-17-47(48)54-49(57)32-31-46-45-19-12-18-40(55(45)60-56(46)54)35-23-27-39(28-24-35)59-51-22-11-8-16-42(51)44-30-26-37(34-53(44)59)36-25-29-43-41-15-7-10-21-50(41)58(52(43)33-36)38-13-4-3-5-14-38/h3-34H,1-2H3. The lowest BCUT2D eigenvalue weighted by Gasteiger charge is -2.21. The molecule has 0 fully saturated rings. The number of rotatable bonds is 4. The second-order valence-electron chi connectivity index (χ2n) is 16.9. The molecule has 0 saturated heterocycles. The van der Waals surface area contributed by atoms with Gasteiger partial charge in [-0.3, -0.25) is 0 Å². The number of hydrogen-bond donors (Lipinski definition) is 0. The summed E-state index contributed by atoms with van der Waals surface area (Å²) in [5.41, 5.74) is 17.7. The Morgan fingerprint density at radius 3 is 1.53 bits per heavy atom. The van der Waals surface area contributed by atoms with Gasteiger partial charge in [-0.25, -0.2) is 0 Å². The molecular weight excluding hydrogens is 745 g/mol. The van der Waals surface area contributed by atoms with E-state index in [2.05, 4.69) is 217 Å². The molecule has 282 valence electrons. The molecule has 0 radical (unpaired) electrons. The van der Waals surface area contributed by atoms with E-state index in [1.54, 1.807) is 0 Å². The van der Waals surface area contributed by atoms with E-state index >= 15 is 0 Å². The van der Waals surface area contributed by atoms with Gasteiger partial charge in [0.25, 0.3) is 0 Å². The van der Waals surface area contributed by atoms with Gasteiger partial charge in [-0.1, -0.05) is 159 Å². The number of aromatic nitrogens is 2. The average molecular weight is 783 g/mol. The number of thiophene rings is 1. The molecule has 0 N–H and O–H groups in total. The Kier molecular flexibility index (Phi) is 6.98. The molecule has 0 amide bonds. The monoisotopic (exact) mass is 782 g/mol. The molecular formula is C57H38N2S. The Morgan fingerprint density at radius 2 is 0.850 bits per heavy atom. The summed E-state index contributed by atoms with van der Waals surface area (Å²) in [7, 11) is 0. The zero-order chi connectivity index (χ0) is 39.7. The van der Waals surface area contributed by atoms with Crippen LogP contribution in [0, 0.1) is 0 Å². The molecule has 13 rings (SSSR count). The zero-order valence-electron chi connectivity index (χ0n) is 33.3. The third-order valence-electron chi connectivity index (χ3n) is 13.3. The van der Waals surface area contributed by atoms with Gasteiger partial charge < -0.3 is 9.13 Å². The second-order valence-corrected chi connectivity index (χ2v) is 17.9. The average Bonchev–Trinajstić information content (AvgIpc) is 4.01. The largest absolute Gasteiger partial charge is 0.309 e. The number of hydrogen-bond acceptors (Lipinski definition) is 1. The minimum atomic E-state index is -0.0141. The van der Waals surface area contributed by atoms with E-state index in [1.807, 2.05) is 11.3 Å². The van der Waals surface area contributed by atoms with Crippen LogP contribution in [0.5, 0.6) is 0 Å². The number of nitrogens with zero attached hydrogens (tertiary/aromatic N) is 2. The Bertz CT molecular complexity index is 3730. The van der Waals surface area contributed by atoms with Crippen LogP contribution in [0.15, 0.2) is 194 Å². The van der Waals surface area contributed by atoms with Gasteiger partial charge in [0.2, 0.25) is 0 Å². The maximum Gasteiger partial charge on any atom is 0.0547 e. The van der Waals surface area contributed by atoms with E-state index in [0.717, 1.165) is 5.69 Å². The SMILES string of the molecule is CC1(C)c2ccccc2-c2c1ccc1c2sc2c(-c3ccc(-n4c5ccccc5c5ccc(-c6ccc7c8ccccc8n(-c8ccccc8)c7c6)cc54)cc3)cccc21. The van der Waals surface area contributed by atoms with Crippen molar-refractivity contribution in [2.75, 3.05) is 0 Å². The summed E-state index contributed by atoms with van der Waals surface area (Å²) >= 11 is 1.95. The number of para-hydroxylation sites is 3. The Balaban J connectivity index is 0.947. The summed E-state index contributed by atoms with van der Waals surface area (Å²) in [6, 6.07) is 72.0. The Morgan fingerprint density at radius 1 is 0.350 bits per heavy atom. The summed E-state index contributed by atoms with van der Waals surface area (Å²) in [6.45, 7) is 4.74. The van der Waals surface area contributed by atoms with Gasteiger partial charge in [-0.15, -0.1) is 11.3 Å². The maximum absolute atomic E-state index is 2.44. The van der Waals surface area contributed by atoms with Crippen LogP contribution in [0.2, 0.25) is 0 Å². The van der Waals surface area contributed by atoms with E-state index < -0.39 is 0 Å². The molecule has 12 aromatic rings. The van der Waals surface area contributed by atoms with Gasteiger partial charge in [0.15, 0.2) is 0 Å². The van der Waals surface area contributed by atoms with Crippen LogP contribution >= 0.6 is 11.3 Å². The van der Waals surface area contributed by atoms with E-state index in [9.17, 15) is 0 Å². The molecule has 0 unspecified atom stereocenters. The smallest absolute Gasteiger partial charge is 0.0547 e. The fourth-order valence-electron chi connectivity index (χ4n) is 10.5. The number of benzene rings is 9. The summed E-state index contributed by atoms with van der Waals surface area (Å²) in [5, 5.41) is 7.72. The molecule has 9 aromatic carbocycles. The first-order chi connectivity index (χ1) is 29.5. The fourth-order valence-corrected chi connectivity index (χ4v) is 11.9. The molecule has 60 heavy (non-hydrogen) atoms. The van der Waals surface area contributed by atoms with Crippen molar-refractivity contribution < 1.29 is 0 Å². The molecule has 2 nitrogen and oxygen atoms in total. The van der Waals surface area contributed by atoms with Crippen LogP contribution in [0.25, 0.3) is 109 Å². The van der Waals surface area contributed by atoms with E-state index in [4.69, 9.17) is 0 Å². The van der Waals surface area contributed by atoms with Crippen molar-refractivity contribution in [3.63, 3.8) is 0 Å². The predicted octanol–water partition coefficient (Wildman–Crippen LogP) is 15.9. The summed E-state index contributed by atoms with van der Waals surface area (Å²) in [4.78, 5) is 0. The highest BCUT2D eigenvalue weighted by molar-refractivity contribution is 7.27. The van der Waals surface area contributed by atoms with Crippen molar-refractivity contribution in [1.82, 2.24) is 9.13 Å². The van der Waals surface area contributed by atoms with Crippen LogP contribution in [0.4, 0.5) is 0 Å². The van der Waals surface area contributed by atoms with Gasteiger partial charge >= 0.3 is 0 Å². The summed E-state index contributed by atoms with van der Waals surface area (Å²) < 4.78 is 7.59. The van der Waals surface area contributed by atoms with Crippen molar-refractivity contribution in [3.8, 4) is 44.8 Å². The Hall–Kier alpha value is -7.20. The molecule has 0 atom stereocenters. The van der Waals surface area contributed by atoms with Crippen LogP contribution < -0.4 is 0 Å². The highest BCUT2D eigenvalue weighted by Gasteiger charge is 2.36. The summed E-state index contributed by atoms with van der Waals surface area (Å²) in [6.07, 6.45) is 0. The van der Waals surface area contributed by atoms with Gasteiger partial charge in [0.1, 0.15) is 0 Å².